The van der Waals surface area contributed by atoms with Crippen LogP contribution in [-0.4, -0.2) is 12.5 Å². The quantitative estimate of drug-likeness (QED) is 0.578. The lowest BCUT2D eigenvalue weighted by molar-refractivity contribution is 0.102. The molecule has 0 aliphatic heterocycles. The van der Waals surface area contributed by atoms with Crippen molar-refractivity contribution in [2.24, 2.45) is 0 Å². The first-order chi connectivity index (χ1) is 12.1. The molecule has 0 radical (unpaired) electrons. The summed E-state index contributed by atoms with van der Waals surface area (Å²) in [6.07, 6.45) is 0.843. The monoisotopic (exact) mass is 373 g/mol. The van der Waals surface area contributed by atoms with Crippen molar-refractivity contribution in [3.63, 3.8) is 0 Å². The topological polar surface area (TPSA) is 38.3 Å². The zero-order chi connectivity index (χ0) is 17.8. The number of amides is 1. The number of hydrogen-bond acceptors (Lipinski definition) is 2. The van der Waals surface area contributed by atoms with Gasteiger partial charge in [0.05, 0.1) is 16.7 Å². The number of carbonyl (C=O) groups excluding carboxylic acids is 1. The van der Waals surface area contributed by atoms with E-state index in [2.05, 4.69) is 5.32 Å². The number of ether oxygens (including phenoxy) is 1. The molecule has 0 atom stereocenters. The first kappa shape index (κ1) is 17.6. The summed E-state index contributed by atoms with van der Waals surface area (Å²) in [4.78, 5) is 12.6. The van der Waals surface area contributed by atoms with Gasteiger partial charge in [-0.1, -0.05) is 66.5 Å². The van der Waals surface area contributed by atoms with E-state index in [4.69, 9.17) is 27.9 Å². The Morgan fingerprint density at radius 3 is 2.44 bits per heavy atom. The number of carbonyl (C=O) groups is 1. The highest BCUT2D eigenvalue weighted by atomic mass is 35.5. The Kier molecular flexibility index (Phi) is 5.47. The number of hydrogen-bond donors (Lipinski definition) is 1. The summed E-state index contributed by atoms with van der Waals surface area (Å²) in [7, 11) is 0. The Labute approximate surface area is 156 Å². The average Bonchev–Trinajstić information content (AvgIpc) is 2.61. The minimum absolute atomic E-state index is 0.276. The lowest BCUT2D eigenvalue weighted by atomic mass is 10.1. The standard InChI is InChI=1S/C20H17Cl2NO2/c1-2-10-25-19-16(21)11-14(12-17(19)22)20(24)23-18-9-5-7-13-6-3-4-8-15(13)18/h3-9,11-12H,2,10H2,1H3,(H,23,24). The van der Waals surface area contributed by atoms with Gasteiger partial charge in [-0.3, -0.25) is 4.79 Å². The highest BCUT2D eigenvalue weighted by molar-refractivity contribution is 6.37. The molecule has 5 heteroatoms. The summed E-state index contributed by atoms with van der Waals surface area (Å²) in [5.41, 5.74) is 1.12. The van der Waals surface area contributed by atoms with Gasteiger partial charge in [-0.15, -0.1) is 0 Å². The van der Waals surface area contributed by atoms with E-state index in [0.29, 0.717) is 28.0 Å². The van der Waals surface area contributed by atoms with Gasteiger partial charge in [-0.2, -0.15) is 0 Å². The van der Waals surface area contributed by atoms with Crippen LogP contribution in [0.5, 0.6) is 5.75 Å². The predicted octanol–water partition coefficient (Wildman–Crippen LogP) is 6.19. The van der Waals surface area contributed by atoms with Gasteiger partial charge in [0.15, 0.2) is 5.75 Å². The number of nitrogens with one attached hydrogen (secondary N) is 1. The van der Waals surface area contributed by atoms with Crippen LogP contribution in [0.3, 0.4) is 0 Å². The molecule has 0 heterocycles. The molecule has 0 aromatic heterocycles. The summed E-state index contributed by atoms with van der Waals surface area (Å²) in [6.45, 7) is 2.51. The van der Waals surface area contributed by atoms with Crippen molar-refractivity contribution in [3.05, 3.63) is 70.2 Å². The molecule has 0 bridgehead atoms. The Balaban J connectivity index is 1.88. The van der Waals surface area contributed by atoms with Crippen molar-refractivity contribution >= 4 is 45.6 Å². The van der Waals surface area contributed by atoms with Crippen LogP contribution in [0.2, 0.25) is 10.0 Å². The molecule has 1 N–H and O–H groups in total. The number of fused-ring (bicyclic) bond motifs is 1. The first-order valence-electron chi connectivity index (χ1n) is 8.01. The Bertz CT molecular complexity index is 896. The Hall–Kier alpha value is -2.23. The molecule has 128 valence electrons. The van der Waals surface area contributed by atoms with E-state index in [1.165, 1.54) is 0 Å². The van der Waals surface area contributed by atoms with Crippen LogP contribution in [0.1, 0.15) is 23.7 Å². The predicted molar refractivity (Wildman–Crippen MR) is 104 cm³/mol. The van der Waals surface area contributed by atoms with Gasteiger partial charge in [0, 0.05) is 16.6 Å². The molecular formula is C20H17Cl2NO2. The summed E-state index contributed by atoms with van der Waals surface area (Å²) in [5.74, 6) is 0.133. The van der Waals surface area contributed by atoms with Crippen LogP contribution >= 0.6 is 23.2 Å². The van der Waals surface area contributed by atoms with Crippen molar-refractivity contribution < 1.29 is 9.53 Å². The van der Waals surface area contributed by atoms with Crippen LogP contribution in [0.4, 0.5) is 5.69 Å². The maximum Gasteiger partial charge on any atom is 0.255 e. The second-order valence-electron chi connectivity index (χ2n) is 5.60. The van der Waals surface area contributed by atoms with Crippen LogP contribution < -0.4 is 10.1 Å². The molecule has 0 fully saturated rings. The lowest BCUT2D eigenvalue weighted by Crippen LogP contribution is -2.12. The molecule has 1 amide bonds. The van der Waals surface area contributed by atoms with Gasteiger partial charge in [0.25, 0.3) is 5.91 Å². The fourth-order valence-electron chi connectivity index (χ4n) is 2.56. The number of rotatable bonds is 5. The van der Waals surface area contributed by atoms with Crippen LogP contribution in [0.25, 0.3) is 10.8 Å². The second-order valence-corrected chi connectivity index (χ2v) is 6.41. The third-order valence-corrected chi connectivity index (χ3v) is 4.31. The van der Waals surface area contributed by atoms with Crippen molar-refractivity contribution in [3.8, 4) is 5.75 Å². The number of benzene rings is 3. The molecule has 0 aliphatic rings. The number of halogens is 2. The van der Waals surface area contributed by atoms with E-state index in [0.717, 1.165) is 22.9 Å². The Morgan fingerprint density at radius 2 is 1.72 bits per heavy atom. The summed E-state index contributed by atoms with van der Waals surface area (Å²) >= 11 is 12.4. The van der Waals surface area contributed by atoms with E-state index < -0.39 is 0 Å². The van der Waals surface area contributed by atoms with Crippen LogP contribution in [0.15, 0.2) is 54.6 Å². The average molecular weight is 374 g/mol. The largest absolute Gasteiger partial charge is 0.490 e. The highest BCUT2D eigenvalue weighted by Crippen LogP contribution is 2.34. The molecule has 0 saturated heterocycles. The molecule has 0 saturated carbocycles. The zero-order valence-corrected chi connectivity index (χ0v) is 15.2. The maximum absolute atomic E-state index is 12.6. The maximum atomic E-state index is 12.6. The number of anilines is 1. The Morgan fingerprint density at radius 1 is 1.04 bits per heavy atom. The molecule has 3 aromatic rings. The van der Waals surface area contributed by atoms with E-state index in [1.807, 2.05) is 49.4 Å². The van der Waals surface area contributed by atoms with Gasteiger partial charge in [-0.25, -0.2) is 0 Å². The SMILES string of the molecule is CCCOc1c(Cl)cc(C(=O)Nc2cccc3ccccc23)cc1Cl. The fourth-order valence-corrected chi connectivity index (χ4v) is 3.16. The molecule has 0 aliphatic carbocycles. The molecule has 3 aromatic carbocycles. The van der Waals surface area contributed by atoms with Gasteiger partial charge >= 0.3 is 0 Å². The van der Waals surface area contributed by atoms with Gasteiger partial charge in [0.2, 0.25) is 0 Å². The highest BCUT2D eigenvalue weighted by Gasteiger charge is 2.15. The molecule has 3 rings (SSSR count). The smallest absolute Gasteiger partial charge is 0.255 e. The normalized spacial score (nSPS) is 10.7. The minimum atomic E-state index is -0.276. The van der Waals surface area contributed by atoms with Crippen molar-refractivity contribution in [2.45, 2.75) is 13.3 Å². The zero-order valence-electron chi connectivity index (χ0n) is 13.7. The van der Waals surface area contributed by atoms with Gasteiger partial charge < -0.3 is 10.1 Å². The fraction of sp³-hybridized carbons (Fsp3) is 0.150. The van der Waals surface area contributed by atoms with Crippen molar-refractivity contribution in [1.82, 2.24) is 0 Å². The van der Waals surface area contributed by atoms with E-state index >= 15 is 0 Å². The second kappa shape index (κ2) is 7.77. The molecule has 25 heavy (non-hydrogen) atoms. The van der Waals surface area contributed by atoms with Crippen molar-refractivity contribution in [1.29, 1.82) is 0 Å². The minimum Gasteiger partial charge on any atom is -0.490 e. The van der Waals surface area contributed by atoms with Crippen molar-refractivity contribution in [2.75, 3.05) is 11.9 Å². The molecular weight excluding hydrogens is 357 g/mol. The first-order valence-corrected chi connectivity index (χ1v) is 8.76. The molecule has 3 nitrogen and oxygen atoms in total. The van der Waals surface area contributed by atoms with Crippen LogP contribution in [0, 0.1) is 0 Å². The van der Waals surface area contributed by atoms with E-state index in [-0.39, 0.29) is 5.91 Å². The third kappa shape index (κ3) is 3.89. The van der Waals surface area contributed by atoms with Crippen LogP contribution in [-0.2, 0) is 0 Å². The van der Waals surface area contributed by atoms with Gasteiger partial charge in [-0.05, 0) is 30.0 Å². The summed E-state index contributed by atoms with van der Waals surface area (Å²) in [5, 5.41) is 5.59. The summed E-state index contributed by atoms with van der Waals surface area (Å²) < 4.78 is 5.53. The van der Waals surface area contributed by atoms with E-state index in [1.54, 1.807) is 12.1 Å². The molecule has 0 unspecified atom stereocenters. The van der Waals surface area contributed by atoms with Gasteiger partial charge in [0.1, 0.15) is 0 Å². The van der Waals surface area contributed by atoms with E-state index in [9.17, 15) is 4.79 Å². The lowest BCUT2D eigenvalue weighted by Gasteiger charge is -2.12. The third-order valence-electron chi connectivity index (χ3n) is 3.75. The summed E-state index contributed by atoms with van der Waals surface area (Å²) in [6, 6.07) is 16.8. The molecule has 0 spiro atoms.